The van der Waals surface area contributed by atoms with Crippen LogP contribution < -0.4 is 0 Å². The van der Waals surface area contributed by atoms with Crippen molar-refractivity contribution < 1.29 is 9.53 Å². The van der Waals surface area contributed by atoms with Gasteiger partial charge in [-0.15, -0.1) is 0 Å². The number of hydrogen-bond acceptors (Lipinski definition) is 4. The fourth-order valence-electron chi connectivity index (χ4n) is 0.464. The Balaban J connectivity index is 3.21. The van der Waals surface area contributed by atoms with Gasteiger partial charge in [0.05, 0.1) is 11.9 Å². The summed E-state index contributed by atoms with van der Waals surface area (Å²) < 4.78 is 5.31. The molecular weight excluding hydrogens is 204 g/mol. The van der Waals surface area contributed by atoms with Crippen LogP contribution in [0.2, 0.25) is 0 Å². The van der Waals surface area contributed by atoms with Gasteiger partial charge in [-0.05, 0) is 13.8 Å². The SMILES string of the molecule is CC(C)OCSSCC(=O)C(C)C. The molecule has 4 heteroatoms. The Kier molecular flexibility index (Phi) is 7.90. The molecule has 13 heavy (non-hydrogen) atoms. The van der Waals surface area contributed by atoms with Crippen molar-refractivity contribution >= 4 is 27.4 Å². The standard InChI is InChI=1S/C9H18O2S2/c1-7(2)9(10)5-12-13-6-11-8(3)4/h7-8H,5-6H2,1-4H3. The minimum atomic E-state index is 0.152. The van der Waals surface area contributed by atoms with E-state index in [1.165, 1.54) is 0 Å². The summed E-state index contributed by atoms with van der Waals surface area (Å²) in [5, 5.41) is 0. The maximum atomic E-state index is 11.2. The zero-order valence-corrected chi connectivity index (χ0v) is 10.3. The maximum absolute atomic E-state index is 11.2. The Morgan fingerprint density at radius 3 is 2.31 bits per heavy atom. The molecule has 0 fully saturated rings. The van der Waals surface area contributed by atoms with Crippen molar-refractivity contribution in [3.63, 3.8) is 0 Å². The number of carbonyl (C=O) groups is 1. The van der Waals surface area contributed by atoms with Crippen molar-refractivity contribution in [1.82, 2.24) is 0 Å². The first-order chi connectivity index (χ1) is 6.04. The number of ether oxygens (including phenoxy) is 1. The second-order valence-corrected chi connectivity index (χ2v) is 5.74. The molecule has 0 bridgehead atoms. The summed E-state index contributed by atoms with van der Waals surface area (Å²) in [6.45, 7) is 7.87. The average molecular weight is 222 g/mol. The molecule has 2 nitrogen and oxygen atoms in total. The summed E-state index contributed by atoms with van der Waals surface area (Å²) in [4.78, 5) is 11.2. The van der Waals surface area contributed by atoms with Crippen molar-refractivity contribution in [3.8, 4) is 0 Å². The van der Waals surface area contributed by atoms with Crippen LogP contribution in [0.15, 0.2) is 0 Å². The second-order valence-electron chi connectivity index (χ2n) is 3.33. The van der Waals surface area contributed by atoms with Gasteiger partial charge in [-0.3, -0.25) is 4.79 Å². The van der Waals surface area contributed by atoms with Gasteiger partial charge in [0.15, 0.2) is 0 Å². The van der Waals surface area contributed by atoms with Gasteiger partial charge >= 0.3 is 0 Å². The van der Waals surface area contributed by atoms with Gasteiger partial charge in [-0.25, -0.2) is 0 Å². The van der Waals surface area contributed by atoms with Gasteiger partial charge in [0.1, 0.15) is 11.7 Å². The second kappa shape index (κ2) is 7.71. The molecule has 0 heterocycles. The van der Waals surface area contributed by atoms with E-state index in [9.17, 15) is 4.79 Å². The van der Waals surface area contributed by atoms with Gasteiger partial charge in [0.25, 0.3) is 0 Å². The molecule has 0 aromatic heterocycles. The van der Waals surface area contributed by atoms with Crippen LogP contribution in [0.4, 0.5) is 0 Å². The third-order valence-corrected chi connectivity index (χ3v) is 3.32. The van der Waals surface area contributed by atoms with Crippen molar-refractivity contribution in [2.45, 2.75) is 33.8 Å². The third-order valence-electron chi connectivity index (χ3n) is 1.38. The van der Waals surface area contributed by atoms with E-state index in [0.29, 0.717) is 17.5 Å². The van der Waals surface area contributed by atoms with E-state index in [1.807, 2.05) is 27.7 Å². The average Bonchev–Trinajstić information content (AvgIpc) is 2.02. The summed E-state index contributed by atoms with van der Waals surface area (Å²) in [7, 11) is 3.17. The Morgan fingerprint density at radius 1 is 1.23 bits per heavy atom. The van der Waals surface area contributed by atoms with E-state index >= 15 is 0 Å². The highest BCUT2D eigenvalue weighted by atomic mass is 33.1. The number of ketones is 1. The van der Waals surface area contributed by atoms with Crippen LogP contribution in [-0.4, -0.2) is 23.6 Å². The monoisotopic (exact) mass is 222 g/mol. The lowest BCUT2D eigenvalue weighted by atomic mass is 10.1. The van der Waals surface area contributed by atoms with E-state index in [1.54, 1.807) is 21.6 Å². The molecule has 0 saturated carbocycles. The van der Waals surface area contributed by atoms with Crippen molar-refractivity contribution in [2.75, 3.05) is 11.7 Å². The first kappa shape index (κ1) is 13.3. The molecule has 0 aromatic carbocycles. The number of hydrogen-bond donors (Lipinski definition) is 0. The van der Waals surface area contributed by atoms with Gasteiger partial charge < -0.3 is 4.74 Å². The van der Waals surface area contributed by atoms with Crippen molar-refractivity contribution in [2.24, 2.45) is 5.92 Å². The van der Waals surface area contributed by atoms with Gasteiger partial charge in [-0.2, -0.15) is 0 Å². The molecule has 0 aliphatic heterocycles. The molecule has 0 aromatic rings. The van der Waals surface area contributed by atoms with E-state index in [-0.39, 0.29) is 12.0 Å². The minimum Gasteiger partial charge on any atom is -0.367 e. The Bertz CT molecular complexity index is 147. The van der Waals surface area contributed by atoms with Crippen molar-refractivity contribution in [1.29, 1.82) is 0 Å². The third kappa shape index (κ3) is 8.65. The molecule has 0 atom stereocenters. The smallest absolute Gasteiger partial charge is 0.146 e. The summed E-state index contributed by atoms with van der Waals surface area (Å²) in [6.07, 6.45) is 0.272. The molecule has 0 unspecified atom stereocenters. The van der Waals surface area contributed by atoms with Crippen LogP contribution in [-0.2, 0) is 9.53 Å². The van der Waals surface area contributed by atoms with Crippen LogP contribution in [0.1, 0.15) is 27.7 Å². The molecule has 0 spiro atoms. The summed E-state index contributed by atoms with van der Waals surface area (Å²) >= 11 is 0. The predicted molar refractivity (Wildman–Crippen MR) is 61.0 cm³/mol. The van der Waals surface area contributed by atoms with Crippen LogP contribution in [0.25, 0.3) is 0 Å². The Hall–Kier alpha value is 0.330. The molecule has 0 N–H and O–H groups in total. The summed E-state index contributed by atoms with van der Waals surface area (Å²) in [5.41, 5.74) is 0. The van der Waals surface area contributed by atoms with Crippen LogP contribution in [0.5, 0.6) is 0 Å². The van der Waals surface area contributed by atoms with Gasteiger partial charge in [-0.1, -0.05) is 35.4 Å². The highest BCUT2D eigenvalue weighted by Crippen LogP contribution is 2.22. The molecule has 0 saturated heterocycles. The number of carbonyl (C=O) groups excluding carboxylic acids is 1. The molecule has 0 amide bonds. The normalized spacial score (nSPS) is 11.2. The maximum Gasteiger partial charge on any atom is 0.146 e. The highest BCUT2D eigenvalue weighted by Gasteiger charge is 2.06. The van der Waals surface area contributed by atoms with E-state index in [2.05, 4.69) is 0 Å². The molecule has 0 radical (unpaired) electrons. The topological polar surface area (TPSA) is 26.3 Å². The van der Waals surface area contributed by atoms with Crippen molar-refractivity contribution in [3.05, 3.63) is 0 Å². The van der Waals surface area contributed by atoms with Crippen LogP contribution in [0, 0.1) is 5.92 Å². The molecule has 0 rings (SSSR count). The largest absolute Gasteiger partial charge is 0.367 e. The lowest BCUT2D eigenvalue weighted by molar-refractivity contribution is -0.119. The van der Waals surface area contributed by atoms with E-state index in [0.717, 1.165) is 0 Å². The van der Waals surface area contributed by atoms with Crippen LogP contribution in [0.3, 0.4) is 0 Å². The minimum absolute atomic E-state index is 0.152. The number of rotatable bonds is 7. The predicted octanol–water partition coefficient (Wildman–Crippen LogP) is 2.98. The molecule has 78 valence electrons. The zero-order valence-electron chi connectivity index (χ0n) is 8.70. The fourth-order valence-corrected chi connectivity index (χ4v) is 2.36. The Labute approximate surface area is 88.6 Å². The van der Waals surface area contributed by atoms with E-state index < -0.39 is 0 Å². The fraction of sp³-hybridized carbons (Fsp3) is 0.889. The first-order valence-electron chi connectivity index (χ1n) is 4.42. The Morgan fingerprint density at radius 2 is 1.85 bits per heavy atom. The van der Waals surface area contributed by atoms with E-state index in [4.69, 9.17) is 4.74 Å². The molecular formula is C9H18O2S2. The summed E-state index contributed by atoms with van der Waals surface area (Å²) in [6, 6.07) is 0. The quantitative estimate of drug-likeness (QED) is 0.376. The molecule has 0 aliphatic carbocycles. The number of Topliss-reactive ketones (excluding diaryl/α,β-unsaturated/α-hetero) is 1. The van der Waals surface area contributed by atoms with Gasteiger partial charge in [0, 0.05) is 5.92 Å². The molecule has 0 aliphatic rings. The van der Waals surface area contributed by atoms with Crippen LogP contribution >= 0.6 is 21.6 Å². The zero-order chi connectivity index (χ0) is 10.3. The lowest BCUT2D eigenvalue weighted by Crippen LogP contribution is -2.09. The first-order valence-corrected chi connectivity index (χ1v) is 6.91. The highest BCUT2D eigenvalue weighted by molar-refractivity contribution is 8.76. The van der Waals surface area contributed by atoms with Gasteiger partial charge in [0.2, 0.25) is 0 Å². The summed E-state index contributed by atoms with van der Waals surface area (Å²) in [5.74, 6) is 1.71. The lowest BCUT2D eigenvalue weighted by Gasteiger charge is -2.06.